The van der Waals surface area contributed by atoms with Crippen LogP contribution in [0.2, 0.25) is 0 Å². The maximum atomic E-state index is 14.4. The zero-order valence-corrected chi connectivity index (χ0v) is 22.9. The number of esters is 1. The lowest BCUT2D eigenvalue weighted by atomic mass is 9.80. The molecule has 1 fully saturated rings. The average molecular weight is 520 g/mol. The first-order valence-corrected chi connectivity index (χ1v) is 13.9. The number of fused-ring (bicyclic) bond motifs is 1. The molecule has 1 saturated heterocycles. The number of rotatable bonds is 9. The molecule has 2 aromatic rings. The van der Waals surface area contributed by atoms with Gasteiger partial charge in [-0.25, -0.2) is 4.79 Å². The van der Waals surface area contributed by atoms with E-state index in [-0.39, 0.29) is 30.3 Å². The Morgan fingerprint density at radius 1 is 1.11 bits per heavy atom. The second-order valence-corrected chi connectivity index (χ2v) is 11.3. The van der Waals surface area contributed by atoms with Crippen molar-refractivity contribution >= 4 is 17.8 Å². The molecular formula is C31H41N3O4. The number of ether oxygens (including phenoxy) is 1. The molecule has 0 spiro atoms. The second-order valence-electron chi connectivity index (χ2n) is 11.3. The Morgan fingerprint density at radius 3 is 2.53 bits per heavy atom. The predicted octanol–water partition coefficient (Wildman–Crippen LogP) is 3.89. The van der Waals surface area contributed by atoms with Crippen molar-refractivity contribution in [3.63, 3.8) is 0 Å². The van der Waals surface area contributed by atoms with Crippen molar-refractivity contribution in [1.29, 1.82) is 0 Å². The van der Waals surface area contributed by atoms with E-state index in [0.29, 0.717) is 25.8 Å². The molecule has 4 rings (SSSR count). The van der Waals surface area contributed by atoms with Crippen molar-refractivity contribution in [2.45, 2.75) is 88.8 Å². The molecule has 0 saturated carbocycles. The van der Waals surface area contributed by atoms with E-state index in [2.05, 4.69) is 17.4 Å². The van der Waals surface area contributed by atoms with E-state index in [1.54, 1.807) is 25.7 Å². The first kappa shape index (κ1) is 27.8. The largest absolute Gasteiger partial charge is 0.464 e. The van der Waals surface area contributed by atoms with Crippen molar-refractivity contribution < 1.29 is 19.1 Å². The molecule has 1 aliphatic carbocycles. The Hall–Kier alpha value is -3.19. The molecular weight excluding hydrogens is 478 g/mol. The number of amides is 2. The number of nitrogens with one attached hydrogen (secondary N) is 1. The van der Waals surface area contributed by atoms with Gasteiger partial charge < -0.3 is 20.7 Å². The summed E-state index contributed by atoms with van der Waals surface area (Å²) in [7, 11) is 0. The van der Waals surface area contributed by atoms with Crippen molar-refractivity contribution in [3.05, 3.63) is 71.3 Å². The number of piperidine rings is 1. The van der Waals surface area contributed by atoms with E-state index in [9.17, 15) is 14.4 Å². The van der Waals surface area contributed by atoms with Gasteiger partial charge in [0, 0.05) is 13.0 Å². The van der Waals surface area contributed by atoms with E-state index < -0.39 is 17.1 Å². The smallest absolute Gasteiger partial charge is 0.332 e. The second kappa shape index (κ2) is 11.7. The summed E-state index contributed by atoms with van der Waals surface area (Å²) in [6, 6.07) is 17.3. The van der Waals surface area contributed by atoms with Gasteiger partial charge in [-0.1, -0.05) is 54.6 Å². The highest BCUT2D eigenvalue weighted by atomic mass is 16.5. The molecule has 38 heavy (non-hydrogen) atoms. The van der Waals surface area contributed by atoms with Crippen LogP contribution in [-0.4, -0.2) is 53.0 Å². The van der Waals surface area contributed by atoms with Gasteiger partial charge in [-0.2, -0.15) is 0 Å². The number of aryl methyl sites for hydroxylation is 1. The third-order valence-corrected chi connectivity index (χ3v) is 7.97. The van der Waals surface area contributed by atoms with Crippen LogP contribution in [0.3, 0.4) is 0 Å². The topological polar surface area (TPSA) is 102 Å². The SMILES string of the molecule is CCOC(=O)[C@]1(Cc2ccccc2)CCCCN1C(=O)C(CC1CCc2ccccc21)NC(=O)C(C)(C)N. The summed E-state index contributed by atoms with van der Waals surface area (Å²) in [6.45, 7) is 5.72. The summed E-state index contributed by atoms with van der Waals surface area (Å²) in [5.74, 6) is -0.871. The summed E-state index contributed by atoms with van der Waals surface area (Å²) < 4.78 is 5.59. The number of hydrogen-bond acceptors (Lipinski definition) is 5. The molecule has 204 valence electrons. The third-order valence-electron chi connectivity index (χ3n) is 7.97. The molecule has 1 aliphatic heterocycles. The lowest BCUT2D eigenvalue weighted by Gasteiger charge is -2.46. The van der Waals surface area contributed by atoms with E-state index in [0.717, 1.165) is 31.2 Å². The Kier molecular flexibility index (Phi) is 8.56. The van der Waals surface area contributed by atoms with Crippen molar-refractivity contribution in [3.8, 4) is 0 Å². The van der Waals surface area contributed by atoms with Crippen LogP contribution in [0.15, 0.2) is 54.6 Å². The van der Waals surface area contributed by atoms with Crippen molar-refractivity contribution in [2.24, 2.45) is 5.73 Å². The van der Waals surface area contributed by atoms with Crippen LogP contribution in [-0.2, 0) is 32.0 Å². The van der Waals surface area contributed by atoms with E-state index >= 15 is 0 Å². The molecule has 1 heterocycles. The van der Waals surface area contributed by atoms with Crippen LogP contribution < -0.4 is 11.1 Å². The summed E-state index contributed by atoms with van der Waals surface area (Å²) in [4.78, 5) is 42.8. The first-order chi connectivity index (χ1) is 18.2. The number of carbonyl (C=O) groups is 3. The highest BCUT2D eigenvalue weighted by molar-refractivity contribution is 5.95. The summed E-state index contributed by atoms with van der Waals surface area (Å²) in [5.41, 5.74) is 7.34. The molecule has 0 bridgehead atoms. The Bertz CT molecular complexity index is 1140. The van der Waals surface area contributed by atoms with Gasteiger partial charge in [0.1, 0.15) is 11.6 Å². The minimum atomic E-state index is -1.14. The number of benzene rings is 2. The van der Waals surface area contributed by atoms with Crippen LogP contribution >= 0.6 is 0 Å². The maximum absolute atomic E-state index is 14.4. The fourth-order valence-electron chi connectivity index (χ4n) is 5.95. The van der Waals surface area contributed by atoms with Gasteiger partial charge in [-0.05, 0) is 81.9 Å². The van der Waals surface area contributed by atoms with Crippen LogP contribution in [0.5, 0.6) is 0 Å². The van der Waals surface area contributed by atoms with Gasteiger partial charge in [0.05, 0.1) is 12.1 Å². The van der Waals surface area contributed by atoms with Gasteiger partial charge in [0.25, 0.3) is 0 Å². The monoisotopic (exact) mass is 519 g/mol. The fraction of sp³-hybridized carbons (Fsp3) is 0.516. The van der Waals surface area contributed by atoms with Crippen LogP contribution in [0.25, 0.3) is 0 Å². The molecule has 3 atom stereocenters. The first-order valence-electron chi connectivity index (χ1n) is 13.9. The molecule has 2 aromatic carbocycles. The standard InChI is InChI=1S/C31H41N3O4/c1-4-38-29(37)31(21-22-12-6-5-7-13-22)18-10-11-19-34(31)27(35)26(33-28(36)30(2,3)32)20-24-17-16-23-14-8-9-15-25(23)24/h5-9,12-15,24,26H,4,10-11,16-21,32H2,1-3H3,(H,33,36)/t24?,26?,31-/m1/s1. The molecule has 2 amide bonds. The van der Waals surface area contributed by atoms with E-state index in [1.165, 1.54) is 11.1 Å². The normalized spacial score (nSPS) is 21.9. The Balaban J connectivity index is 1.70. The molecule has 0 radical (unpaired) electrons. The Morgan fingerprint density at radius 2 is 1.82 bits per heavy atom. The molecule has 7 heteroatoms. The minimum Gasteiger partial charge on any atom is -0.464 e. The van der Waals surface area contributed by atoms with Gasteiger partial charge in [-0.15, -0.1) is 0 Å². The lowest BCUT2D eigenvalue weighted by Crippen LogP contribution is -2.65. The van der Waals surface area contributed by atoms with Gasteiger partial charge >= 0.3 is 5.97 Å². The number of nitrogens with two attached hydrogens (primary N) is 1. The highest BCUT2D eigenvalue weighted by Crippen LogP contribution is 2.38. The average Bonchev–Trinajstić information content (AvgIpc) is 3.31. The van der Waals surface area contributed by atoms with Gasteiger partial charge in [0.15, 0.2) is 0 Å². The van der Waals surface area contributed by atoms with Crippen molar-refractivity contribution in [1.82, 2.24) is 10.2 Å². The number of hydrogen-bond donors (Lipinski definition) is 2. The van der Waals surface area contributed by atoms with Crippen LogP contribution in [0.4, 0.5) is 0 Å². The van der Waals surface area contributed by atoms with Crippen LogP contribution in [0.1, 0.15) is 75.5 Å². The van der Waals surface area contributed by atoms with E-state index in [1.807, 2.05) is 42.5 Å². The Labute approximate surface area is 226 Å². The van der Waals surface area contributed by atoms with Crippen molar-refractivity contribution in [2.75, 3.05) is 13.2 Å². The molecule has 2 aliphatic rings. The number of carbonyl (C=O) groups excluding carboxylic acids is 3. The molecule has 7 nitrogen and oxygen atoms in total. The van der Waals surface area contributed by atoms with Crippen LogP contribution in [0, 0.1) is 0 Å². The molecule has 2 unspecified atom stereocenters. The summed E-state index contributed by atoms with van der Waals surface area (Å²) >= 11 is 0. The number of likely N-dealkylation sites (tertiary alicyclic amines) is 1. The highest BCUT2D eigenvalue weighted by Gasteiger charge is 2.51. The summed E-state index contributed by atoms with van der Waals surface area (Å²) in [6.07, 6.45) is 4.81. The maximum Gasteiger partial charge on any atom is 0.332 e. The fourth-order valence-corrected chi connectivity index (χ4v) is 5.95. The zero-order valence-electron chi connectivity index (χ0n) is 22.9. The summed E-state index contributed by atoms with van der Waals surface area (Å²) in [5, 5.41) is 2.98. The molecule has 3 N–H and O–H groups in total. The minimum absolute atomic E-state index is 0.136. The molecule has 0 aromatic heterocycles. The van der Waals surface area contributed by atoms with Gasteiger partial charge in [-0.3, -0.25) is 9.59 Å². The van der Waals surface area contributed by atoms with Gasteiger partial charge in [0.2, 0.25) is 11.8 Å². The zero-order chi connectivity index (χ0) is 27.3. The predicted molar refractivity (Wildman–Crippen MR) is 147 cm³/mol. The third kappa shape index (κ3) is 5.93. The number of nitrogens with zero attached hydrogens (tertiary/aromatic N) is 1. The van der Waals surface area contributed by atoms with E-state index in [4.69, 9.17) is 10.5 Å². The lowest BCUT2D eigenvalue weighted by molar-refractivity contribution is -0.168. The quantitative estimate of drug-likeness (QED) is 0.490.